The van der Waals surface area contributed by atoms with E-state index in [0.717, 1.165) is 43.7 Å². The molecule has 0 saturated carbocycles. The molecule has 2 rings (SSSR count). The molecule has 94 valence electrons. The molecule has 3 heteroatoms. The number of piperazine rings is 1. The Morgan fingerprint density at radius 2 is 2.29 bits per heavy atom. The zero-order valence-electron chi connectivity index (χ0n) is 10.7. The molecule has 1 atom stereocenters. The minimum absolute atomic E-state index is 0.0597. The van der Waals surface area contributed by atoms with Crippen LogP contribution in [0, 0.1) is 5.82 Å². The Kier molecular flexibility index (Phi) is 4.13. The number of benzene rings is 1. The summed E-state index contributed by atoms with van der Waals surface area (Å²) >= 11 is 0. The van der Waals surface area contributed by atoms with Crippen molar-refractivity contribution in [1.29, 1.82) is 0 Å². The molecule has 2 nitrogen and oxygen atoms in total. The van der Waals surface area contributed by atoms with Gasteiger partial charge in [-0.2, -0.15) is 0 Å². The predicted octanol–water partition coefficient (Wildman–Crippen LogP) is 2.18. The maximum atomic E-state index is 13.8. The molecule has 1 aliphatic rings. The Labute approximate surface area is 103 Å². The summed E-state index contributed by atoms with van der Waals surface area (Å²) in [6, 6.07) is 5.91. The monoisotopic (exact) mass is 236 g/mol. The van der Waals surface area contributed by atoms with Crippen molar-refractivity contribution in [2.75, 3.05) is 19.6 Å². The highest BCUT2D eigenvalue weighted by Gasteiger charge is 2.18. The van der Waals surface area contributed by atoms with Gasteiger partial charge < -0.3 is 5.32 Å². The van der Waals surface area contributed by atoms with Crippen molar-refractivity contribution < 1.29 is 4.39 Å². The first kappa shape index (κ1) is 12.5. The Hall–Kier alpha value is -0.930. The molecule has 0 spiro atoms. The van der Waals surface area contributed by atoms with Gasteiger partial charge in [0, 0.05) is 37.8 Å². The Balaban J connectivity index is 2.12. The zero-order valence-corrected chi connectivity index (χ0v) is 10.7. The van der Waals surface area contributed by atoms with Crippen LogP contribution in [0.2, 0.25) is 0 Å². The van der Waals surface area contributed by atoms with Crippen LogP contribution in [0.15, 0.2) is 18.2 Å². The quantitative estimate of drug-likeness (QED) is 0.865. The van der Waals surface area contributed by atoms with E-state index in [2.05, 4.69) is 24.1 Å². The average Bonchev–Trinajstić information content (AvgIpc) is 2.32. The van der Waals surface area contributed by atoms with Gasteiger partial charge in [-0.05, 0) is 25.0 Å². The van der Waals surface area contributed by atoms with Crippen LogP contribution in [-0.2, 0) is 13.0 Å². The molecule has 0 unspecified atom stereocenters. The summed E-state index contributed by atoms with van der Waals surface area (Å²) in [7, 11) is 0. The number of rotatable bonds is 3. The Morgan fingerprint density at radius 1 is 1.47 bits per heavy atom. The second-order valence-electron chi connectivity index (χ2n) is 4.82. The Bertz CT molecular complexity index is 378. The fourth-order valence-corrected chi connectivity index (χ4v) is 2.49. The SMILES string of the molecule is CCc1cccc(F)c1CN1CCN[C@@H](C)C1. The van der Waals surface area contributed by atoms with E-state index in [4.69, 9.17) is 0 Å². The smallest absolute Gasteiger partial charge is 0.127 e. The fourth-order valence-electron chi connectivity index (χ4n) is 2.49. The lowest BCUT2D eigenvalue weighted by molar-refractivity contribution is 0.197. The van der Waals surface area contributed by atoms with Crippen molar-refractivity contribution in [3.8, 4) is 0 Å². The van der Waals surface area contributed by atoms with Crippen molar-refractivity contribution in [2.24, 2.45) is 0 Å². The van der Waals surface area contributed by atoms with E-state index >= 15 is 0 Å². The van der Waals surface area contributed by atoms with Gasteiger partial charge in [0.05, 0.1) is 0 Å². The van der Waals surface area contributed by atoms with E-state index < -0.39 is 0 Å². The average molecular weight is 236 g/mol. The van der Waals surface area contributed by atoms with Crippen molar-refractivity contribution in [1.82, 2.24) is 10.2 Å². The Morgan fingerprint density at radius 3 is 3.00 bits per heavy atom. The number of nitrogens with one attached hydrogen (secondary N) is 1. The summed E-state index contributed by atoms with van der Waals surface area (Å²) in [5.74, 6) is -0.0597. The molecule has 0 aliphatic carbocycles. The largest absolute Gasteiger partial charge is 0.312 e. The van der Waals surface area contributed by atoms with Gasteiger partial charge in [0.1, 0.15) is 5.82 Å². The molecule has 0 aromatic heterocycles. The third kappa shape index (κ3) is 3.05. The minimum Gasteiger partial charge on any atom is -0.312 e. The predicted molar refractivity (Wildman–Crippen MR) is 68.5 cm³/mol. The second kappa shape index (κ2) is 5.61. The van der Waals surface area contributed by atoms with Crippen LogP contribution in [0.3, 0.4) is 0 Å². The highest BCUT2D eigenvalue weighted by molar-refractivity contribution is 5.28. The minimum atomic E-state index is -0.0597. The first-order valence-electron chi connectivity index (χ1n) is 6.42. The molecule has 1 fully saturated rings. The number of halogens is 1. The van der Waals surface area contributed by atoms with Crippen LogP contribution in [0.25, 0.3) is 0 Å². The molecule has 1 aromatic rings. The molecule has 0 radical (unpaired) electrons. The molecular weight excluding hydrogens is 215 g/mol. The first-order valence-corrected chi connectivity index (χ1v) is 6.42. The molecule has 0 bridgehead atoms. The van der Waals surface area contributed by atoms with E-state index in [9.17, 15) is 4.39 Å². The molecule has 1 heterocycles. The number of hydrogen-bond acceptors (Lipinski definition) is 2. The number of hydrogen-bond donors (Lipinski definition) is 1. The van der Waals surface area contributed by atoms with Gasteiger partial charge >= 0.3 is 0 Å². The summed E-state index contributed by atoms with van der Waals surface area (Å²) in [6.45, 7) is 7.99. The number of aryl methyl sites for hydroxylation is 1. The molecule has 1 N–H and O–H groups in total. The highest BCUT2D eigenvalue weighted by Crippen LogP contribution is 2.17. The van der Waals surface area contributed by atoms with Crippen LogP contribution >= 0.6 is 0 Å². The molecular formula is C14H21FN2. The van der Waals surface area contributed by atoms with Gasteiger partial charge in [0.25, 0.3) is 0 Å². The van der Waals surface area contributed by atoms with E-state index in [1.807, 2.05) is 6.07 Å². The van der Waals surface area contributed by atoms with Crippen molar-refractivity contribution in [3.05, 3.63) is 35.1 Å². The fraction of sp³-hybridized carbons (Fsp3) is 0.571. The van der Waals surface area contributed by atoms with Gasteiger partial charge in [-0.1, -0.05) is 19.1 Å². The second-order valence-corrected chi connectivity index (χ2v) is 4.82. The van der Waals surface area contributed by atoms with Crippen LogP contribution < -0.4 is 5.32 Å². The highest BCUT2D eigenvalue weighted by atomic mass is 19.1. The van der Waals surface area contributed by atoms with E-state index in [-0.39, 0.29) is 5.82 Å². The van der Waals surface area contributed by atoms with Crippen molar-refractivity contribution in [3.63, 3.8) is 0 Å². The lowest BCUT2D eigenvalue weighted by atomic mass is 10.0. The maximum absolute atomic E-state index is 13.8. The van der Waals surface area contributed by atoms with Gasteiger partial charge in [-0.25, -0.2) is 4.39 Å². The van der Waals surface area contributed by atoms with Gasteiger partial charge in [0.2, 0.25) is 0 Å². The molecule has 0 amide bonds. The lowest BCUT2D eigenvalue weighted by Crippen LogP contribution is -2.48. The van der Waals surface area contributed by atoms with E-state index in [1.54, 1.807) is 12.1 Å². The van der Waals surface area contributed by atoms with Crippen LogP contribution in [-0.4, -0.2) is 30.6 Å². The molecule has 17 heavy (non-hydrogen) atoms. The standard InChI is InChI=1S/C14H21FN2/c1-3-12-5-4-6-14(15)13(12)10-17-8-7-16-11(2)9-17/h4-6,11,16H,3,7-10H2,1-2H3/t11-/m0/s1. The summed E-state index contributed by atoms with van der Waals surface area (Å²) in [5, 5.41) is 3.41. The summed E-state index contributed by atoms with van der Waals surface area (Å²) in [5.41, 5.74) is 2.01. The van der Waals surface area contributed by atoms with Gasteiger partial charge in [-0.3, -0.25) is 4.90 Å². The van der Waals surface area contributed by atoms with Crippen LogP contribution in [0.1, 0.15) is 25.0 Å². The molecule has 1 aliphatic heterocycles. The third-order valence-corrected chi connectivity index (χ3v) is 3.43. The topological polar surface area (TPSA) is 15.3 Å². The third-order valence-electron chi connectivity index (χ3n) is 3.43. The summed E-state index contributed by atoms with van der Waals surface area (Å²) in [4.78, 5) is 2.33. The summed E-state index contributed by atoms with van der Waals surface area (Å²) < 4.78 is 13.8. The summed E-state index contributed by atoms with van der Waals surface area (Å²) in [6.07, 6.45) is 0.898. The first-order chi connectivity index (χ1) is 8.20. The van der Waals surface area contributed by atoms with Gasteiger partial charge in [0.15, 0.2) is 0 Å². The van der Waals surface area contributed by atoms with Crippen LogP contribution in [0.5, 0.6) is 0 Å². The normalized spacial score (nSPS) is 21.7. The van der Waals surface area contributed by atoms with Gasteiger partial charge in [-0.15, -0.1) is 0 Å². The molecule has 1 aromatic carbocycles. The van der Waals surface area contributed by atoms with E-state index in [1.165, 1.54) is 0 Å². The lowest BCUT2D eigenvalue weighted by Gasteiger charge is -2.32. The van der Waals surface area contributed by atoms with E-state index in [0.29, 0.717) is 6.04 Å². The van der Waals surface area contributed by atoms with Crippen LogP contribution in [0.4, 0.5) is 4.39 Å². The number of nitrogens with zero attached hydrogens (tertiary/aromatic N) is 1. The molecule has 1 saturated heterocycles. The van der Waals surface area contributed by atoms with Crippen molar-refractivity contribution >= 4 is 0 Å². The van der Waals surface area contributed by atoms with Crippen molar-refractivity contribution in [2.45, 2.75) is 32.9 Å². The maximum Gasteiger partial charge on any atom is 0.127 e. The zero-order chi connectivity index (χ0) is 12.3.